The number of benzene rings is 1. The predicted molar refractivity (Wildman–Crippen MR) is 49.4 cm³/mol. The van der Waals surface area contributed by atoms with E-state index >= 15 is 0 Å². The Morgan fingerprint density at radius 3 is 2.40 bits per heavy atom. The Morgan fingerprint density at radius 2 is 1.93 bits per heavy atom. The van der Waals surface area contributed by atoms with Gasteiger partial charge in [-0.2, -0.15) is 0 Å². The number of rotatable bonds is 2. The van der Waals surface area contributed by atoms with Crippen molar-refractivity contribution in [2.75, 3.05) is 7.11 Å². The Labute approximate surface area is 85.3 Å². The van der Waals surface area contributed by atoms with Crippen molar-refractivity contribution in [3.8, 4) is 0 Å². The molecule has 0 unspecified atom stereocenters. The van der Waals surface area contributed by atoms with Crippen molar-refractivity contribution < 1.29 is 23.8 Å². The van der Waals surface area contributed by atoms with Crippen LogP contribution in [0.3, 0.4) is 0 Å². The number of ether oxygens (including phenoxy) is 1. The smallest absolute Gasteiger partial charge is 0.338 e. The first kappa shape index (κ1) is 11.2. The van der Waals surface area contributed by atoms with Gasteiger partial charge in [-0.15, -0.1) is 0 Å². The summed E-state index contributed by atoms with van der Waals surface area (Å²) < 4.78 is 17.6. The fourth-order valence-corrected chi connectivity index (χ4v) is 1.18. The van der Waals surface area contributed by atoms with Gasteiger partial charge in [0, 0.05) is 0 Å². The molecule has 0 aromatic heterocycles. The van der Waals surface area contributed by atoms with Gasteiger partial charge in [0.25, 0.3) is 0 Å². The normalized spacial score (nSPS) is 9.80. The maximum Gasteiger partial charge on any atom is 0.338 e. The zero-order chi connectivity index (χ0) is 11.6. The lowest BCUT2D eigenvalue weighted by Crippen LogP contribution is -2.08. The predicted octanol–water partition coefficient (Wildman–Crippen LogP) is 1.62. The number of carboxylic acids is 1. The van der Waals surface area contributed by atoms with Gasteiger partial charge in [0.15, 0.2) is 0 Å². The number of hydrogen-bond donors (Lipinski definition) is 1. The molecule has 1 N–H and O–H groups in total. The summed E-state index contributed by atoms with van der Waals surface area (Å²) in [5.74, 6) is -3.01. The second-order valence-electron chi connectivity index (χ2n) is 2.94. The molecule has 0 aliphatic rings. The average molecular weight is 212 g/mol. The van der Waals surface area contributed by atoms with Gasteiger partial charge in [0.2, 0.25) is 0 Å². The first-order valence-electron chi connectivity index (χ1n) is 4.09. The standard InChI is InChI=1S/C10H9FO4/c1-5-3-7(9(12)13)8(11)4-6(5)10(14)15-2/h3-4H,1-2H3,(H,12,13). The summed E-state index contributed by atoms with van der Waals surface area (Å²) >= 11 is 0. The fraction of sp³-hybridized carbons (Fsp3) is 0.200. The number of carbonyl (C=O) groups is 2. The molecule has 0 bridgehead atoms. The van der Waals surface area contributed by atoms with E-state index in [1.807, 2.05) is 0 Å². The lowest BCUT2D eigenvalue weighted by Gasteiger charge is -2.05. The summed E-state index contributed by atoms with van der Waals surface area (Å²) in [6, 6.07) is 1.97. The molecule has 0 amide bonds. The van der Waals surface area contributed by atoms with E-state index in [1.54, 1.807) is 0 Å². The molecule has 1 rings (SSSR count). The van der Waals surface area contributed by atoms with Gasteiger partial charge in [0.1, 0.15) is 5.82 Å². The van der Waals surface area contributed by atoms with E-state index in [9.17, 15) is 14.0 Å². The van der Waals surface area contributed by atoms with E-state index in [-0.39, 0.29) is 5.56 Å². The quantitative estimate of drug-likeness (QED) is 0.756. The molecule has 0 aliphatic carbocycles. The van der Waals surface area contributed by atoms with E-state index in [1.165, 1.54) is 14.0 Å². The molecule has 0 saturated heterocycles. The van der Waals surface area contributed by atoms with Crippen molar-refractivity contribution in [3.05, 3.63) is 34.6 Å². The molecule has 0 saturated carbocycles. The second kappa shape index (κ2) is 4.08. The minimum absolute atomic E-state index is 0.0278. The van der Waals surface area contributed by atoms with Crippen LogP contribution in [0.2, 0.25) is 0 Å². The van der Waals surface area contributed by atoms with Gasteiger partial charge >= 0.3 is 11.9 Å². The maximum absolute atomic E-state index is 13.2. The minimum Gasteiger partial charge on any atom is -0.478 e. The maximum atomic E-state index is 13.2. The van der Waals surface area contributed by atoms with Crippen LogP contribution in [0.15, 0.2) is 12.1 Å². The van der Waals surface area contributed by atoms with Gasteiger partial charge in [0.05, 0.1) is 18.2 Å². The van der Waals surface area contributed by atoms with Crippen molar-refractivity contribution in [1.82, 2.24) is 0 Å². The summed E-state index contributed by atoms with van der Waals surface area (Å²) in [4.78, 5) is 21.7. The summed E-state index contributed by atoms with van der Waals surface area (Å²) in [5, 5.41) is 8.62. The Kier molecular flexibility index (Phi) is 3.04. The zero-order valence-electron chi connectivity index (χ0n) is 8.20. The molecule has 0 aliphatic heterocycles. The molecule has 0 fully saturated rings. The Morgan fingerprint density at radius 1 is 1.33 bits per heavy atom. The topological polar surface area (TPSA) is 63.6 Å². The van der Waals surface area contributed by atoms with Crippen molar-refractivity contribution in [2.24, 2.45) is 0 Å². The van der Waals surface area contributed by atoms with Gasteiger partial charge in [-0.25, -0.2) is 14.0 Å². The number of halogens is 1. The molecular formula is C10H9FO4. The highest BCUT2D eigenvalue weighted by molar-refractivity contribution is 5.94. The number of hydrogen-bond acceptors (Lipinski definition) is 3. The van der Waals surface area contributed by atoms with Crippen LogP contribution in [0.25, 0.3) is 0 Å². The molecule has 0 heterocycles. The number of carbonyl (C=O) groups excluding carboxylic acids is 1. The molecule has 15 heavy (non-hydrogen) atoms. The minimum atomic E-state index is -1.37. The fourth-order valence-electron chi connectivity index (χ4n) is 1.18. The van der Waals surface area contributed by atoms with Crippen LogP contribution in [-0.2, 0) is 4.74 Å². The monoisotopic (exact) mass is 212 g/mol. The lowest BCUT2D eigenvalue weighted by atomic mass is 10.0. The zero-order valence-corrected chi connectivity index (χ0v) is 8.20. The van der Waals surface area contributed by atoms with Crippen LogP contribution in [0.4, 0.5) is 4.39 Å². The molecular weight excluding hydrogens is 203 g/mol. The van der Waals surface area contributed by atoms with Crippen molar-refractivity contribution in [2.45, 2.75) is 6.92 Å². The van der Waals surface area contributed by atoms with E-state index in [0.29, 0.717) is 5.56 Å². The van der Waals surface area contributed by atoms with Crippen molar-refractivity contribution in [1.29, 1.82) is 0 Å². The largest absolute Gasteiger partial charge is 0.478 e. The molecule has 0 radical (unpaired) electrons. The van der Waals surface area contributed by atoms with Gasteiger partial charge in [-0.3, -0.25) is 0 Å². The van der Waals surface area contributed by atoms with Crippen molar-refractivity contribution in [3.63, 3.8) is 0 Å². The van der Waals surface area contributed by atoms with Crippen LogP contribution >= 0.6 is 0 Å². The number of esters is 1. The number of carboxylic acid groups (broad SMARTS) is 1. The third kappa shape index (κ3) is 2.12. The highest BCUT2D eigenvalue weighted by atomic mass is 19.1. The number of aromatic carboxylic acids is 1. The Hall–Kier alpha value is -1.91. The second-order valence-corrected chi connectivity index (χ2v) is 2.94. The molecule has 1 aromatic carbocycles. The van der Waals surface area contributed by atoms with E-state index in [2.05, 4.69) is 4.74 Å². The SMILES string of the molecule is COC(=O)c1cc(F)c(C(=O)O)cc1C. The van der Waals surface area contributed by atoms with E-state index in [0.717, 1.165) is 12.1 Å². The average Bonchev–Trinajstić information content (AvgIpc) is 2.19. The molecule has 0 spiro atoms. The molecule has 0 atom stereocenters. The highest BCUT2D eigenvalue weighted by Crippen LogP contribution is 2.16. The third-order valence-corrected chi connectivity index (χ3v) is 1.95. The lowest BCUT2D eigenvalue weighted by molar-refractivity contribution is 0.0596. The van der Waals surface area contributed by atoms with E-state index in [4.69, 9.17) is 5.11 Å². The van der Waals surface area contributed by atoms with Crippen LogP contribution in [-0.4, -0.2) is 24.2 Å². The van der Waals surface area contributed by atoms with Gasteiger partial charge in [-0.05, 0) is 24.6 Å². The molecule has 80 valence electrons. The summed E-state index contributed by atoms with van der Waals surface area (Å²) in [5.41, 5.74) is -0.0687. The molecule has 4 nitrogen and oxygen atoms in total. The van der Waals surface area contributed by atoms with Crippen molar-refractivity contribution >= 4 is 11.9 Å². The first-order chi connectivity index (χ1) is 6.97. The summed E-state index contributed by atoms with van der Waals surface area (Å²) in [6.45, 7) is 1.51. The molecule has 5 heteroatoms. The Balaban J connectivity index is 3.31. The number of methoxy groups -OCH3 is 1. The molecule has 1 aromatic rings. The van der Waals surface area contributed by atoms with Crippen LogP contribution in [0, 0.1) is 12.7 Å². The summed E-state index contributed by atoms with van der Waals surface area (Å²) in [6.07, 6.45) is 0. The van der Waals surface area contributed by atoms with E-state index < -0.39 is 23.3 Å². The van der Waals surface area contributed by atoms with Gasteiger partial charge < -0.3 is 9.84 Å². The Bertz CT molecular complexity index is 426. The summed E-state index contributed by atoms with van der Waals surface area (Å²) in [7, 11) is 1.17. The number of aryl methyl sites for hydroxylation is 1. The third-order valence-electron chi connectivity index (χ3n) is 1.95. The van der Waals surface area contributed by atoms with Crippen LogP contribution in [0.5, 0.6) is 0 Å². The van der Waals surface area contributed by atoms with Crippen LogP contribution in [0.1, 0.15) is 26.3 Å². The van der Waals surface area contributed by atoms with Gasteiger partial charge in [-0.1, -0.05) is 0 Å². The van der Waals surface area contributed by atoms with Crippen LogP contribution < -0.4 is 0 Å². The highest BCUT2D eigenvalue weighted by Gasteiger charge is 2.17. The first-order valence-corrected chi connectivity index (χ1v) is 4.09.